The smallest absolute Gasteiger partial charge is 0.243 e. The van der Waals surface area contributed by atoms with Crippen LogP contribution in [-0.2, 0) is 14.8 Å². The van der Waals surface area contributed by atoms with Crippen LogP contribution < -0.4 is 5.32 Å². The average Bonchev–Trinajstić information content (AvgIpc) is 3.23. The normalized spacial score (nSPS) is 15.5. The van der Waals surface area contributed by atoms with E-state index in [1.54, 1.807) is 0 Å². The molecule has 1 aromatic heterocycles. The topological polar surface area (TPSA) is 79.4 Å². The highest BCUT2D eigenvalue weighted by molar-refractivity contribution is 7.89. The lowest BCUT2D eigenvalue weighted by Crippen LogP contribution is -2.41. The molecule has 0 bridgehead atoms. The Morgan fingerprint density at radius 2 is 1.82 bits per heavy atom. The van der Waals surface area contributed by atoms with Gasteiger partial charge in [0.2, 0.25) is 15.9 Å². The first-order chi connectivity index (χ1) is 15.6. The van der Waals surface area contributed by atoms with E-state index in [1.165, 1.54) is 15.6 Å². The van der Waals surface area contributed by atoms with Gasteiger partial charge in [0.05, 0.1) is 10.6 Å². The monoisotopic (exact) mass is 491 g/mol. The molecule has 33 heavy (non-hydrogen) atoms. The molecule has 1 saturated heterocycles. The number of nitrogens with zero attached hydrogens (tertiary/aromatic N) is 2. The number of aromatic nitrogens is 1. The third kappa shape index (κ3) is 4.97. The first kappa shape index (κ1) is 23.5. The van der Waals surface area contributed by atoms with Crippen molar-refractivity contribution in [3.8, 4) is 11.3 Å². The highest BCUT2D eigenvalue weighted by atomic mass is 32.2. The number of benzene rings is 2. The number of thiazole rings is 1. The zero-order chi connectivity index (χ0) is 23.8. The number of rotatable bonds is 5. The lowest BCUT2D eigenvalue weighted by atomic mass is 9.97. The van der Waals surface area contributed by atoms with Crippen LogP contribution in [0.2, 0.25) is 0 Å². The molecule has 1 aliphatic heterocycles. The van der Waals surface area contributed by atoms with Crippen molar-refractivity contribution in [1.29, 1.82) is 0 Å². The molecule has 0 spiro atoms. The second kappa shape index (κ2) is 9.28. The van der Waals surface area contributed by atoms with E-state index in [1.807, 2.05) is 31.4 Å². The van der Waals surface area contributed by atoms with Gasteiger partial charge in [0.1, 0.15) is 0 Å². The number of hydrogen-bond acceptors (Lipinski definition) is 5. The summed E-state index contributed by atoms with van der Waals surface area (Å²) < 4.78 is 53.3. The summed E-state index contributed by atoms with van der Waals surface area (Å²) >= 11 is 1.34. The van der Waals surface area contributed by atoms with Crippen LogP contribution in [0, 0.1) is 31.4 Å². The molecule has 3 aromatic rings. The molecule has 1 N–H and O–H groups in total. The van der Waals surface area contributed by atoms with E-state index in [-0.39, 0.29) is 29.8 Å². The van der Waals surface area contributed by atoms with Crippen molar-refractivity contribution in [2.75, 3.05) is 18.4 Å². The number of hydrogen-bond donors (Lipinski definition) is 1. The minimum Gasteiger partial charge on any atom is -0.302 e. The van der Waals surface area contributed by atoms with Crippen LogP contribution in [0.25, 0.3) is 11.3 Å². The molecule has 0 saturated carbocycles. The number of sulfonamides is 1. The zero-order valence-electron chi connectivity index (χ0n) is 18.1. The Hall–Kier alpha value is -2.69. The van der Waals surface area contributed by atoms with Crippen molar-refractivity contribution in [3.05, 3.63) is 64.5 Å². The van der Waals surface area contributed by atoms with Gasteiger partial charge in [-0.25, -0.2) is 22.2 Å². The number of aryl methyl sites for hydroxylation is 2. The third-order valence-electron chi connectivity index (χ3n) is 5.75. The van der Waals surface area contributed by atoms with Crippen LogP contribution in [0.1, 0.15) is 24.0 Å². The Balaban J connectivity index is 1.38. The first-order valence-electron chi connectivity index (χ1n) is 10.4. The molecule has 10 heteroatoms. The van der Waals surface area contributed by atoms with E-state index in [0.29, 0.717) is 24.0 Å². The number of halogens is 2. The highest BCUT2D eigenvalue weighted by Gasteiger charge is 2.32. The highest BCUT2D eigenvalue weighted by Crippen LogP contribution is 2.30. The first-order valence-corrected chi connectivity index (χ1v) is 12.8. The maximum absolute atomic E-state index is 13.5. The second-order valence-corrected chi connectivity index (χ2v) is 10.9. The number of carbonyl (C=O) groups excluding carboxylic acids is 1. The zero-order valence-corrected chi connectivity index (χ0v) is 19.8. The van der Waals surface area contributed by atoms with Gasteiger partial charge in [-0.2, -0.15) is 4.31 Å². The Morgan fingerprint density at radius 1 is 1.09 bits per heavy atom. The molecule has 174 valence electrons. The van der Waals surface area contributed by atoms with Gasteiger partial charge in [-0.15, -0.1) is 11.3 Å². The molecule has 1 fully saturated rings. The predicted octanol–water partition coefficient (Wildman–Crippen LogP) is 4.74. The summed E-state index contributed by atoms with van der Waals surface area (Å²) in [5.74, 6) is -2.89. The van der Waals surface area contributed by atoms with Crippen molar-refractivity contribution in [1.82, 2.24) is 9.29 Å². The maximum atomic E-state index is 13.5. The third-order valence-corrected chi connectivity index (χ3v) is 8.40. The Kier molecular flexibility index (Phi) is 6.60. The fourth-order valence-corrected chi connectivity index (χ4v) is 6.10. The Bertz CT molecular complexity index is 1300. The van der Waals surface area contributed by atoms with Crippen LogP contribution >= 0.6 is 11.3 Å². The summed E-state index contributed by atoms with van der Waals surface area (Å²) in [6, 6.07) is 8.62. The number of piperidine rings is 1. The molecular weight excluding hydrogens is 468 g/mol. The van der Waals surface area contributed by atoms with Gasteiger partial charge >= 0.3 is 0 Å². The molecule has 1 aliphatic rings. The van der Waals surface area contributed by atoms with Gasteiger partial charge in [-0.1, -0.05) is 23.8 Å². The van der Waals surface area contributed by atoms with Crippen LogP contribution in [0.4, 0.5) is 13.9 Å². The number of nitrogens with one attached hydrogen (secondary N) is 1. The molecule has 2 heterocycles. The molecular formula is C23H23F2N3O3S2. The van der Waals surface area contributed by atoms with Gasteiger partial charge in [0.25, 0.3) is 0 Å². The van der Waals surface area contributed by atoms with Gasteiger partial charge in [-0.05, 0) is 50.5 Å². The Morgan fingerprint density at radius 3 is 2.48 bits per heavy atom. The summed E-state index contributed by atoms with van der Waals surface area (Å²) in [5.41, 5.74) is 4.07. The summed E-state index contributed by atoms with van der Waals surface area (Å²) in [6.45, 7) is 4.27. The average molecular weight is 492 g/mol. The fourth-order valence-electron chi connectivity index (χ4n) is 3.91. The van der Waals surface area contributed by atoms with Crippen molar-refractivity contribution in [2.45, 2.75) is 31.6 Å². The Labute approximate surface area is 195 Å². The van der Waals surface area contributed by atoms with E-state index < -0.39 is 21.7 Å². The second-order valence-electron chi connectivity index (χ2n) is 8.10. The number of amides is 1. The van der Waals surface area contributed by atoms with Crippen molar-refractivity contribution >= 4 is 32.4 Å². The van der Waals surface area contributed by atoms with Crippen LogP contribution in [0.5, 0.6) is 0 Å². The van der Waals surface area contributed by atoms with Crippen molar-refractivity contribution in [3.63, 3.8) is 0 Å². The number of carbonyl (C=O) groups is 1. The molecule has 0 unspecified atom stereocenters. The van der Waals surface area contributed by atoms with Gasteiger partial charge in [-0.3, -0.25) is 4.79 Å². The van der Waals surface area contributed by atoms with Crippen molar-refractivity contribution < 1.29 is 22.0 Å². The van der Waals surface area contributed by atoms with Crippen LogP contribution in [0.3, 0.4) is 0 Å². The lowest BCUT2D eigenvalue weighted by molar-refractivity contribution is -0.120. The molecule has 2 aromatic carbocycles. The van der Waals surface area contributed by atoms with Gasteiger partial charge in [0, 0.05) is 30.0 Å². The molecule has 4 rings (SSSR count). The van der Waals surface area contributed by atoms with E-state index >= 15 is 0 Å². The summed E-state index contributed by atoms with van der Waals surface area (Å²) in [6.07, 6.45) is 0.647. The standard InChI is InChI=1S/C23H23F2N3O3S2/c1-14-3-5-18(15(2)11-14)21-13-32-23(26-21)27-22(29)16-7-9-28(10-8-16)33(30,31)17-4-6-19(24)20(25)12-17/h3-6,11-13,16H,7-10H2,1-2H3,(H,26,27,29). The molecule has 1 amide bonds. The quantitative estimate of drug-likeness (QED) is 0.559. The predicted molar refractivity (Wildman–Crippen MR) is 123 cm³/mol. The minimum absolute atomic E-state index is 0.116. The number of anilines is 1. The van der Waals surface area contributed by atoms with E-state index in [2.05, 4.69) is 16.4 Å². The van der Waals surface area contributed by atoms with Gasteiger partial charge in [0.15, 0.2) is 16.8 Å². The minimum atomic E-state index is -3.96. The van der Waals surface area contributed by atoms with E-state index in [4.69, 9.17) is 0 Å². The SMILES string of the molecule is Cc1ccc(-c2csc(NC(=O)C3CCN(S(=O)(=O)c4ccc(F)c(F)c4)CC3)n2)c(C)c1. The lowest BCUT2D eigenvalue weighted by Gasteiger charge is -2.30. The molecule has 6 nitrogen and oxygen atoms in total. The fraction of sp³-hybridized carbons (Fsp3) is 0.304. The van der Waals surface area contributed by atoms with Crippen molar-refractivity contribution in [2.24, 2.45) is 5.92 Å². The van der Waals surface area contributed by atoms with Gasteiger partial charge < -0.3 is 5.32 Å². The maximum Gasteiger partial charge on any atom is 0.243 e. The summed E-state index contributed by atoms with van der Waals surface area (Å²) in [5, 5.41) is 5.23. The van der Waals surface area contributed by atoms with Crippen LogP contribution in [0.15, 0.2) is 46.7 Å². The molecule has 0 radical (unpaired) electrons. The van der Waals surface area contributed by atoms with Crippen LogP contribution in [-0.4, -0.2) is 36.7 Å². The summed E-state index contributed by atoms with van der Waals surface area (Å²) in [4.78, 5) is 17.0. The molecule has 0 aliphatic carbocycles. The summed E-state index contributed by atoms with van der Waals surface area (Å²) in [7, 11) is -3.96. The van der Waals surface area contributed by atoms with E-state index in [9.17, 15) is 22.0 Å². The largest absolute Gasteiger partial charge is 0.302 e. The van der Waals surface area contributed by atoms with E-state index in [0.717, 1.165) is 34.5 Å². The molecule has 0 atom stereocenters.